The van der Waals surface area contributed by atoms with Gasteiger partial charge in [-0.1, -0.05) is 30.3 Å². The number of rotatable bonds is 6. The van der Waals surface area contributed by atoms with Gasteiger partial charge in [-0.3, -0.25) is 9.78 Å². The molecule has 0 unspecified atom stereocenters. The van der Waals surface area contributed by atoms with E-state index in [9.17, 15) is 4.79 Å². The van der Waals surface area contributed by atoms with E-state index < -0.39 is 0 Å². The first-order valence-corrected chi connectivity index (χ1v) is 13.2. The zero-order chi connectivity index (χ0) is 24.5. The number of amides is 1. The fourth-order valence-corrected chi connectivity index (χ4v) is 6.07. The molecule has 1 saturated carbocycles. The second-order valence-electron chi connectivity index (χ2n) is 9.59. The summed E-state index contributed by atoms with van der Waals surface area (Å²) in [4.78, 5) is 23.5. The smallest absolute Gasteiger partial charge is 0.255 e. The van der Waals surface area contributed by atoms with Crippen LogP contribution in [0.4, 0.5) is 11.4 Å². The summed E-state index contributed by atoms with van der Waals surface area (Å²) in [6.07, 6.45) is 8.16. The number of hydrogen-bond acceptors (Lipinski definition) is 6. The highest BCUT2D eigenvalue weighted by Gasteiger charge is 2.39. The first kappa shape index (κ1) is 22.9. The summed E-state index contributed by atoms with van der Waals surface area (Å²) in [6, 6.07) is 19.5. The number of thiazole rings is 1. The van der Waals surface area contributed by atoms with Crippen molar-refractivity contribution in [3.8, 4) is 10.4 Å². The van der Waals surface area contributed by atoms with Gasteiger partial charge in [0, 0.05) is 48.3 Å². The van der Waals surface area contributed by atoms with E-state index in [1.54, 1.807) is 23.5 Å². The van der Waals surface area contributed by atoms with Gasteiger partial charge in [-0.15, -0.1) is 11.3 Å². The summed E-state index contributed by atoms with van der Waals surface area (Å²) < 4.78 is 5.73. The summed E-state index contributed by atoms with van der Waals surface area (Å²) >= 11 is 1.73. The molecule has 2 aliphatic rings. The van der Waals surface area contributed by atoms with Crippen LogP contribution in [0.5, 0.6) is 0 Å². The van der Waals surface area contributed by atoms with Crippen molar-refractivity contribution in [2.45, 2.75) is 37.0 Å². The standard InChI is InChI=1S/C29H28N4O2S/c30-23-3-1-2-4-25(23)33-27(34)20-7-10-22(11-8-20)29(13-15-35-16-14-29)28-32-18-26(36-28)21-9-12-24(31-17-21)19-5-6-19/h1-4,7-12,17-19H,5-6,13-16,30H2,(H,33,34). The van der Waals surface area contributed by atoms with Gasteiger partial charge in [0.15, 0.2) is 0 Å². The fraction of sp³-hybridized carbons (Fsp3) is 0.276. The summed E-state index contributed by atoms with van der Waals surface area (Å²) in [5.74, 6) is 0.468. The van der Waals surface area contributed by atoms with Crippen molar-refractivity contribution in [2.75, 3.05) is 24.3 Å². The Morgan fingerprint density at radius 1 is 0.972 bits per heavy atom. The largest absolute Gasteiger partial charge is 0.397 e. The second-order valence-corrected chi connectivity index (χ2v) is 10.6. The minimum absolute atomic E-state index is 0.181. The Balaban J connectivity index is 1.26. The van der Waals surface area contributed by atoms with Crippen LogP contribution < -0.4 is 11.1 Å². The number of ether oxygens (including phenoxy) is 1. The summed E-state index contributed by atoms with van der Waals surface area (Å²) in [5, 5.41) is 3.99. The van der Waals surface area contributed by atoms with Crippen LogP contribution in [0, 0.1) is 0 Å². The molecule has 36 heavy (non-hydrogen) atoms. The van der Waals surface area contributed by atoms with Crippen molar-refractivity contribution in [3.05, 3.63) is 94.9 Å². The first-order chi connectivity index (χ1) is 17.6. The van der Waals surface area contributed by atoms with Gasteiger partial charge in [-0.25, -0.2) is 4.98 Å². The van der Waals surface area contributed by atoms with Crippen LogP contribution in [0.3, 0.4) is 0 Å². The van der Waals surface area contributed by atoms with Gasteiger partial charge in [0.05, 0.1) is 21.7 Å². The molecule has 6 nitrogen and oxygen atoms in total. The number of anilines is 2. The third-order valence-electron chi connectivity index (χ3n) is 7.24. The van der Waals surface area contributed by atoms with Crippen molar-refractivity contribution in [1.29, 1.82) is 0 Å². The number of carbonyl (C=O) groups excluding carboxylic acids is 1. The molecule has 7 heteroatoms. The van der Waals surface area contributed by atoms with Crippen LogP contribution in [0.1, 0.15) is 58.2 Å². The molecule has 1 aliphatic heterocycles. The average Bonchev–Trinajstić information content (AvgIpc) is 3.66. The van der Waals surface area contributed by atoms with E-state index in [0.29, 0.717) is 36.1 Å². The Bertz CT molecular complexity index is 1370. The van der Waals surface area contributed by atoms with Crippen LogP contribution >= 0.6 is 11.3 Å². The molecule has 3 heterocycles. The van der Waals surface area contributed by atoms with E-state index in [-0.39, 0.29) is 11.3 Å². The summed E-state index contributed by atoms with van der Waals surface area (Å²) in [7, 11) is 0. The molecule has 2 aromatic heterocycles. The van der Waals surface area contributed by atoms with Crippen molar-refractivity contribution in [2.24, 2.45) is 0 Å². The number of aromatic nitrogens is 2. The van der Waals surface area contributed by atoms with Gasteiger partial charge in [0.2, 0.25) is 0 Å². The maximum Gasteiger partial charge on any atom is 0.255 e. The molecule has 2 aromatic carbocycles. The minimum atomic E-state index is -0.235. The molecular formula is C29H28N4O2S. The zero-order valence-electron chi connectivity index (χ0n) is 19.9. The number of hydrogen-bond donors (Lipinski definition) is 2. The lowest BCUT2D eigenvalue weighted by molar-refractivity contribution is 0.0630. The van der Waals surface area contributed by atoms with Crippen LogP contribution in [0.15, 0.2) is 73.1 Å². The van der Waals surface area contributed by atoms with Gasteiger partial charge in [0.1, 0.15) is 5.01 Å². The topological polar surface area (TPSA) is 90.1 Å². The number of nitrogens with one attached hydrogen (secondary N) is 1. The molecule has 2 fully saturated rings. The quantitative estimate of drug-likeness (QED) is 0.319. The lowest BCUT2D eigenvalue weighted by Gasteiger charge is -2.36. The number of nitrogens with zero attached hydrogens (tertiary/aromatic N) is 2. The second kappa shape index (κ2) is 9.48. The Kier molecular flexibility index (Phi) is 6.03. The third kappa shape index (κ3) is 4.40. The Hall–Kier alpha value is -3.55. The van der Waals surface area contributed by atoms with Crippen molar-refractivity contribution < 1.29 is 9.53 Å². The van der Waals surface area contributed by atoms with E-state index in [1.165, 1.54) is 18.5 Å². The lowest BCUT2D eigenvalue weighted by Crippen LogP contribution is -2.35. The molecule has 6 rings (SSSR count). The predicted octanol–water partition coefficient (Wildman–Crippen LogP) is 6.01. The molecule has 3 N–H and O–H groups in total. The number of pyridine rings is 1. The van der Waals surface area contributed by atoms with Crippen molar-refractivity contribution in [1.82, 2.24) is 9.97 Å². The summed E-state index contributed by atoms with van der Waals surface area (Å²) in [6.45, 7) is 1.37. The maximum atomic E-state index is 12.8. The van der Waals surface area contributed by atoms with Crippen molar-refractivity contribution >= 4 is 28.6 Å². The molecule has 0 bridgehead atoms. The Morgan fingerprint density at radius 3 is 2.44 bits per heavy atom. The van der Waals surface area contributed by atoms with E-state index in [2.05, 4.69) is 34.6 Å². The highest BCUT2D eigenvalue weighted by atomic mass is 32.1. The van der Waals surface area contributed by atoms with E-state index in [4.69, 9.17) is 15.5 Å². The molecule has 1 amide bonds. The van der Waals surface area contributed by atoms with Crippen molar-refractivity contribution in [3.63, 3.8) is 0 Å². The Morgan fingerprint density at radius 2 is 1.75 bits per heavy atom. The fourth-order valence-electron chi connectivity index (χ4n) is 4.89. The normalized spacial score (nSPS) is 17.0. The molecule has 182 valence electrons. The van der Waals surface area contributed by atoms with Gasteiger partial charge in [-0.2, -0.15) is 0 Å². The molecule has 0 atom stereocenters. The molecular weight excluding hydrogens is 468 g/mol. The molecule has 1 aliphatic carbocycles. The highest BCUT2D eigenvalue weighted by Crippen LogP contribution is 2.45. The minimum Gasteiger partial charge on any atom is -0.397 e. The number of nitrogen functional groups attached to an aromatic ring is 1. The van der Waals surface area contributed by atoms with E-state index >= 15 is 0 Å². The molecule has 0 radical (unpaired) electrons. The van der Waals surface area contributed by atoms with Crippen LogP contribution in [-0.2, 0) is 10.2 Å². The van der Waals surface area contributed by atoms with Gasteiger partial charge in [0.25, 0.3) is 5.91 Å². The van der Waals surface area contributed by atoms with Gasteiger partial charge >= 0.3 is 0 Å². The Labute approximate surface area is 214 Å². The van der Waals surface area contributed by atoms with Gasteiger partial charge in [-0.05, 0) is 61.6 Å². The van der Waals surface area contributed by atoms with E-state index in [1.807, 2.05) is 36.7 Å². The first-order valence-electron chi connectivity index (χ1n) is 12.4. The lowest BCUT2D eigenvalue weighted by atomic mass is 9.74. The summed E-state index contributed by atoms with van der Waals surface area (Å²) in [5.41, 5.74) is 11.0. The monoisotopic (exact) mass is 496 g/mol. The zero-order valence-corrected chi connectivity index (χ0v) is 20.8. The number of para-hydroxylation sites is 2. The van der Waals surface area contributed by atoms with Crippen LogP contribution in [0.25, 0.3) is 10.4 Å². The maximum absolute atomic E-state index is 12.8. The number of carbonyl (C=O) groups is 1. The molecule has 4 aromatic rings. The van der Waals surface area contributed by atoms with E-state index in [0.717, 1.165) is 33.9 Å². The van der Waals surface area contributed by atoms with Gasteiger partial charge < -0.3 is 15.8 Å². The number of nitrogens with two attached hydrogens (primary N) is 1. The number of benzene rings is 2. The third-order valence-corrected chi connectivity index (χ3v) is 8.49. The van der Waals surface area contributed by atoms with Crippen LogP contribution in [0.2, 0.25) is 0 Å². The molecule has 0 spiro atoms. The SMILES string of the molecule is Nc1ccccc1NC(=O)c1ccc(C2(c3ncc(-c4ccc(C5CC5)nc4)s3)CCOCC2)cc1. The predicted molar refractivity (Wildman–Crippen MR) is 143 cm³/mol. The average molecular weight is 497 g/mol. The van der Waals surface area contributed by atoms with Crippen LogP contribution in [-0.4, -0.2) is 29.1 Å². The molecule has 1 saturated heterocycles. The highest BCUT2D eigenvalue weighted by molar-refractivity contribution is 7.15.